The van der Waals surface area contributed by atoms with Crippen molar-refractivity contribution in [1.29, 1.82) is 0 Å². The Labute approximate surface area is 322 Å². The number of nitrogens with zero attached hydrogens (tertiary/aromatic N) is 2. The minimum atomic E-state index is -3.92. The molecule has 0 amide bonds. The van der Waals surface area contributed by atoms with Crippen LogP contribution in [0.5, 0.6) is 11.5 Å². The van der Waals surface area contributed by atoms with Crippen LogP contribution in [0.2, 0.25) is 0 Å². The molecule has 298 valence electrons. The summed E-state index contributed by atoms with van der Waals surface area (Å²) in [6, 6.07) is 17.3. The summed E-state index contributed by atoms with van der Waals surface area (Å²) in [5, 5.41) is 2.73. The molecule has 16 nitrogen and oxygen atoms in total. The third-order valence-corrected chi connectivity index (χ3v) is 9.27. The second-order valence-corrected chi connectivity index (χ2v) is 20.1. The Morgan fingerprint density at radius 3 is 1.13 bits per heavy atom. The summed E-state index contributed by atoms with van der Waals surface area (Å²) in [7, 11) is -10.8. The largest absolute Gasteiger partial charge is 0.748 e. The molecule has 0 aliphatic rings. The first-order valence-corrected chi connectivity index (χ1v) is 24.7. The number of thiazole rings is 2. The lowest BCUT2D eigenvalue weighted by atomic mass is 10.3. The highest BCUT2D eigenvalue weighted by Crippen LogP contribution is 2.30. The van der Waals surface area contributed by atoms with Crippen LogP contribution in [-0.2, 0) is 67.4 Å². The molecular formula is C30H42N2O14S7. The van der Waals surface area contributed by atoms with E-state index >= 15 is 0 Å². The summed E-state index contributed by atoms with van der Waals surface area (Å²) >= 11 is 5.64. The van der Waals surface area contributed by atoms with E-state index in [0.717, 1.165) is 24.3 Å². The fourth-order valence-corrected chi connectivity index (χ4v) is 7.71. The molecule has 3 aromatic heterocycles. The minimum Gasteiger partial charge on any atom is -0.748 e. The zero-order valence-corrected chi connectivity index (χ0v) is 35.7. The maximum absolute atomic E-state index is 9.19. The lowest BCUT2D eigenvalue weighted by Gasteiger charge is -2.00. The molecule has 5 rings (SSSR count). The van der Waals surface area contributed by atoms with E-state index < -0.39 is 40.5 Å². The summed E-state index contributed by atoms with van der Waals surface area (Å²) in [5.74, 6) is 1.89. The predicted molar refractivity (Wildman–Crippen MR) is 204 cm³/mol. The van der Waals surface area contributed by atoms with Crippen molar-refractivity contribution >= 4 is 94.9 Å². The average Bonchev–Trinajstić information content (AvgIpc) is 3.61. The zero-order chi connectivity index (χ0) is 40.9. The average molecular weight is 879 g/mol. The molecule has 0 aliphatic heterocycles. The molecule has 5 aromatic rings. The van der Waals surface area contributed by atoms with Gasteiger partial charge >= 0.3 is 0 Å². The normalized spacial score (nSPS) is 11.5. The number of hydrogen-bond donors (Lipinski definition) is 2. The summed E-state index contributed by atoms with van der Waals surface area (Å²) in [6.07, 6.45) is 4.56. The number of rotatable bonds is 8. The first-order valence-electron chi connectivity index (χ1n) is 14.9. The number of aromatic nitrogens is 2. The third kappa shape index (κ3) is 22.2. The van der Waals surface area contributed by atoms with Crippen LogP contribution < -0.4 is 18.6 Å². The highest BCUT2D eigenvalue weighted by Gasteiger charge is 2.21. The molecule has 0 radical (unpaired) electrons. The second-order valence-electron chi connectivity index (χ2n) is 10.8. The van der Waals surface area contributed by atoms with Crippen LogP contribution >= 0.6 is 34.0 Å². The standard InChI is InChI=1S/C26H28N2O2S3.4CH4O3S/c1-5-29-17-7-11-21-23(13-17)32-25(27(21)3)15-19-9-10-20(31-19)16-26-28(4)22-12-8-18(30-6-2)14-24(22)33-26;4*1-5(2,3)4/h7-14H,5-6,15-16H2,1-4H3;4*1H3,(H,2,3,4)/q+2;;;;/p-2. The van der Waals surface area contributed by atoms with Gasteiger partial charge in [-0.05, 0) is 38.1 Å². The Hall–Kier alpha value is -2.84. The van der Waals surface area contributed by atoms with Gasteiger partial charge < -0.3 is 18.6 Å². The van der Waals surface area contributed by atoms with Gasteiger partial charge in [0.2, 0.25) is 21.0 Å². The molecule has 0 spiro atoms. The van der Waals surface area contributed by atoms with E-state index in [0.29, 0.717) is 38.2 Å². The van der Waals surface area contributed by atoms with Crippen molar-refractivity contribution in [2.24, 2.45) is 14.1 Å². The summed E-state index contributed by atoms with van der Waals surface area (Å²) < 4.78 is 125. The molecule has 0 saturated carbocycles. The molecular weight excluding hydrogens is 837 g/mol. The molecule has 0 fully saturated rings. The molecule has 3 heterocycles. The van der Waals surface area contributed by atoms with E-state index in [1.165, 1.54) is 40.2 Å². The molecule has 0 aliphatic carbocycles. The zero-order valence-electron chi connectivity index (χ0n) is 30.0. The lowest BCUT2D eigenvalue weighted by molar-refractivity contribution is -0.647. The maximum atomic E-state index is 9.19. The fraction of sp³-hybridized carbons (Fsp3) is 0.400. The Balaban J connectivity index is 0.000000579. The molecule has 0 unspecified atom stereocenters. The molecule has 2 aromatic carbocycles. The summed E-state index contributed by atoms with van der Waals surface area (Å²) in [5.41, 5.74) is 2.53. The van der Waals surface area contributed by atoms with Crippen LogP contribution in [0.4, 0.5) is 0 Å². The molecule has 0 bridgehead atoms. The first kappa shape index (κ1) is 48.2. The van der Waals surface area contributed by atoms with Crippen molar-refractivity contribution in [2.75, 3.05) is 38.2 Å². The van der Waals surface area contributed by atoms with Gasteiger partial charge in [-0.3, -0.25) is 9.11 Å². The van der Waals surface area contributed by atoms with Gasteiger partial charge in [-0.15, -0.1) is 11.3 Å². The van der Waals surface area contributed by atoms with E-state index in [9.17, 15) is 16.8 Å². The van der Waals surface area contributed by atoms with Gasteiger partial charge in [-0.1, -0.05) is 22.7 Å². The molecule has 2 N–H and O–H groups in total. The number of aryl methyl sites for hydroxylation is 2. The van der Waals surface area contributed by atoms with Crippen molar-refractivity contribution in [2.45, 2.75) is 26.7 Å². The van der Waals surface area contributed by atoms with Gasteiger partial charge in [0, 0.05) is 46.5 Å². The fourth-order valence-electron chi connectivity index (χ4n) is 4.10. The smallest absolute Gasteiger partial charge is 0.261 e. The number of thiophene rings is 1. The summed E-state index contributed by atoms with van der Waals surface area (Å²) in [4.78, 5) is 2.80. The molecule has 23 heteroatoms. The van der Waals surface area contributed by atoms with Crippen molar-refractivity contribution in [3.63, 3.8) is 0 Å². The topological polar surface area (TPSA) is 249 Å². The molecule has 0 saturated heterocycles. The molecule has 53 heavy (non-hydrogen) atoms. The third-order valence-electron chi connectivity index (χ3n) is 5.78. The van der Waals surface area contributed by atoms with E-state index in [4.69, 9.17) is 44.5 Å². The van der Waals surface area contributed by atoms with Gasteiger partial charge in [-0.2, -0.15) is 26.0 Å². The van der Waals surface area contributed by atoms with Crippen LogP contribution in [0.1, 0.15) is 33.6 Å². The van der Waals surface area contributed by atoms with E-state index in [1.54, 1.807) is 0 Å². The van der Waals surface area contributed by atoms with Crippen molar-refractivity contribution in [3.05, 3.63) is 68.3 Å². The van der Waals surface area contributed by atoms with Gasteiger partial charge in [0.15, 0.2) is 0 Å². The number of hydrogen-bond acceptors (Lipinski definition) is 15. The number of fused-ring (bicyclic) bond motifs is 2. The number of benzene rings is 2. The van der Waals surface area contributed by atoms with Gasteiger partial charge in [-0.25, -0.2) is 16.8 Å². The van der Waals surface area contributed by atoms with Crippen molar-refractivity contribution in [3.8, 4) is 11.5 Å². The van der Waals surface area contributed by atoms with Crippen LogP contribution in [-0.4, -0.2) is 90.1 Å². The van der Waals surface area contributed by atoms with Gasteiger partial charge in [0.1, 0.15) is 35.0 Å². The quantitative estimate of drug-likeness (QED) is 0.168. The van der Waals surface area contributed by atoms with Crippen LogP contribution in [0.3, 0.4) is 0 Å². The monoisotopic (exact) mass is 878 g/mol. The Morgan fingerprint density at radius 2 is 0.868 bits per heavy atom. The Kier molecular flexibility index (Phi) is 18.8. The van der Waals surface area contributed by atoms with Gasteiger partial charge in [0.25, 0.3) is 20.2 Å². The van der Waals surface area contributed by atoms with Crippen LogP contribution in [0.25, 0.3) is 20.4 Å². The Morgan fingerprint density at radius 1 is 0.585 bits per heavy atom. The predicted octanol–water partition coefficient (Wildman–Crippen LogP) is 3.14. The second kappa shape index (κ2) is 20.7. The lowest BCUT2D eigenvalue weighted by Crippen LogP contribution is -2.30. The van der Waals surface area contributed by atoms with E-state index in [1.807, 2.05) is 47.9 Å². The molecule has 0 atom stereocenters. The highest BCUT2D eigenvalue weighted by atomic mass is 32.2. The van der Waals surface area contributed by atoms with Crippen LogP contribution in [0, 0.1) is 0 Å². The Bertz CT molecular complexity index is 2140. The maximum Gasteiger partial charge on any atom is 0.261 e. The van der Waals surface area contributed by atoms with Gasteiger partial charge in [0.05, 0.1) is 58.8 Å². The highest BCUT2D eigenvalue weighted by molar-refractivity contribution is 7.85. The minimum absolute atomic E-state index is 0.604. The summed E-state index contributed by atoms with van der Waals surface area (Å²) in [6.45, 7) is 5.43. The van der Waals surface area contributed by atoms with Crippen molar-refractivity contribution < 1.29 is 70.5 Å². The number of ether oxygens (including phenoxy) is 2. The SMILES string of the molecule is CCOc1ccc2c(c1)sc(Cc1ccc(Cc3sc4cc(OCC)ccc4[n+]3C)s1)[n+]2C.CS(=O)(=O)O.CS(=O)(=O)O.CS(=O)(=O)[O-].CS(=O)(=O)[O-]. The van der Waals surface area contributed by atoms with Crippen molar-refractivity contribution in [1.82, 2.24) is 0 Å². The first-order chi connectivity index (χ1) is 24.1. The van der Waals surface area contributed by atoms with E-state index in [-0.39, 0.29) is 0 Å². The van der Waals surface area contributed by atoms with Crippen LogP contribution in [0.15, 0.2) is 48.5 Å². The van der Waals surface area contributed by atoms with E-state index in [2.05, 4.69) is 71.8 Å².